The molecule has 0 bridgehead atoms. The highest BCUT2D eigenvalue weighted by molar-refractivity contribution is 8.00. The number of nitrogens with one attached hydrogen (secondary N) is 1. The van der Waals surface area contributed by atoms with Crippen molar-refractivity contribution in [1.29, 1.82) is 0 Å². The monoisotopic (exact) mass is 285 g/mol. The summed E-state index contributed by atoms with van der Waals surface area (Å²) in [5.41, 5.74) is 1.41. The summed E-state index contributed by atoms with van der Waals surface area (Å²) < 4.78 is 22.7. The van der Waals surface area contributed by atoms with Crippen molar-refractivity contribution in [3.8, 4) is 0 Å². The van der Waals surface area contributed by atoms with Gasteiger partial charge in [-0.05, 0) is 18.1 Å². The third-order valence-corrected chi connectivity index (χ3v) is 6.14. The zero-order chi connectivity index (χ0) is 13.0. The predicted molar refractivity (Wildman–Crippen MR) is 77.0 cm³/mol. The first-order valence-corrected chi connectivity index (χ1v) is 8.96. The van der Waals surface area contributed by atoms with Crippen molar-refractivity contribution < 1.29 is 8.42 Å². The standard InChI is InChI=1S/C13H19NO2S2/c1-2-18(15,16)8-7-14-10-12-9-11-5-3-4-6-13(11)17-12/h3-6,12,14H,2,7-10H2,1H3. The Hall–Kier alpha value is -0.520. The van der Waals surface area contributed by atoms with E-state index in [2.05, 4.69) is 29.6 Å². The number of hydrogen-bond donors (Lipinski definition) is 1. The van der Waals surface area contributed by atoms with E-state index >= 15 is 0 Å². The van der Waals surface area contributed by atoms with Crippen molar-refractivity contribution in [2.75, 3.05) is 24.6 Å². The summed E-state index contributed by atoms with van der Waals surface area (Å²) in [5, 5.41) is 3.79. The van der Waals surface area contributed by atoms with E-state index in [9.17, 15) is 8.42 Å². The molecule has 0 amide bonds. The van der Waals surface area contributed by atoms with E-state index in [-0.39, 0.29) is 11.5 Å². The fourth-order valence-corrected chi connectivity index (χ4v) is 4.03. The van der Waals surface area contributed by atoms with Crippen LogP contribution in [0.1, 0.15) is 12.5 Å². The van der Waals surface area contributed by atoms with Crippen LogP contribution in [-0.2, 0) is 16.3 Å². The SMILES string of the molecule is CCS(=O)(=O)CCNCC1Cc2ccccc2S1. The molecule has 18 heavy (non-hydrogen) atoms. The predicted octanol–water partition coefficient (Wildman–Crippen LogP) is 1.73. The summed E-state index contributed by atoms with van der Waals surface area (Å²) in [6.45, 7) is 3.13. The molecule has 1 aromatic rings. The van der Waals surface area contributed by atoms with Gasteiger partial charge in [0.15, 0.2) is 9.84 Å². The molecule has 0 aromatic heterocycles. The lowest BCUT2D eigenvalue weighted by atomic mass is 10.1. The Morgan fingerprint density at radius 3 is 2.89 bits per heavy atom. The molecule has 0 saturated heterocycles. The van der Waals surface area contributed by atoms with Gasteiger partial charge in [-0.1, -0.05) is 25.1 Å². The van der Waals surface area contributed by atoms with Crippen molar-refractivity contribution in [3.05, 3.63) is 29.8 Å². The van der Waals surface area contributed by atoms with Gasteiger partial charge in [-0.3, -0.25) is 0 Å². The van der Waals surface area contributed by atoms with Gasteiger partial charge in [0, 0.05) is 29.0 Å². The van der Waals surface area contributed by atoms with E-state index in [1.807, 2.05) is 11.8 Å². The van der Waals surface area contributed by atoms with Crippen molar-refractivity contribution in [1.82, 2.24) is 5.32 Å². The van der Waals surface area contributed by atoms with Gasteiger partial charge in [0.05, 0.1) is 5.75 Å². The van der Waals surface area contributed by atoms with Gasteiger partial charge in [0.25, 0.3) is 0 Å². The van der Waals surface area contributed by atoms with Crippen LogP contribution in [0.5, 0.6) is 0 Å². The Balaban J connectivity index is 1.71. The summed E-state index contributed by atoms with van der Waals surface area (Å²) in [7, 11) is -2.84. The van der Waals surface area contributed by atoms with E-state index in [1.165, 1.54) is 10.5 Å². The van der Waals surface area contributed by atoms with E-state index in [0.29, 0.717) is 11.8 Å². The van der Waals surface area contributed by atoms with Crippen LogP contribution >= 0.6 is 11.8 Å². The van der Waals surface area contributed by atoms with E-state index < -0.39 is 9.84 Å². The Morgan fingerprint density at radius 1 is 1.39 bits per heavy atom. The number of sulfone groups is 1. The number of hydrogen-bond acceptors (Lipinski definition) is 4. The minimum Gasteiger partial charge on any atom is -0.315 e. The normalized spacial score (nSPS) is 18.8. The average Bonchev–Trinajstić information content (AvgIpc) is 2.77. The van der Waals surface area contributed by atoms with Crippen molar-refractivity contribution in [2.45, 2.75) is 23.5 Å². The van der Waals surface area contributed by atoms with Gasteiger partial charge < -0.3 is 5.32 Å². The fraction of sp³-hybridized carbons (Fsp3) is 0.538. The topological polar surface area (TPSA) is 46.2 Å². The lowest BCUT2D eigenvalue weighted by Gasteiger charge is -2.09. The molecule has 3 nitrogen and oxygen atoms in total. The molecular weight excluding hydrogens is 266 g/mol. The zero-order valence-electron chi connectivity index (χ0n) is 10.6. The average molecular weight is 285 g/mol. The van der Waals surface area contributed by atoms with Crippen LogP contribution in [0, 0.1) is 0 Å². The molecule has 100 valence electrons. The lowest BCUT2D eigenvalue weighted by molar-refractivity contribution is 0.591. The largest absolute Gasteiger partial charge is 0.315 e. The summed E-state index contributed by atoms with van der Waals surface area (Å²) in [6.07, 6.45) is 1.08. The molecular formula is C13H19NO2S2. The molecule has 1 heterocycles. The van der Waals surface area contributed by atoms with Crippen LogP contribution in [0.4, 0.5) is 0 Å². The highest BCUT2D eigenvalue weighted by Crippen LogP contribution is 2.36. The quantitative estimate of drug-likeness (QED) is 0.809. The molecule has 2 rings (SSSR count). The first-order valence-electron chi connectivity index (χ1n) is 6.26. The lowest BCUT2D eigenvalue weighted by Crippen LogP contribution is -2.29. The first kappa shape index (κ1) is 13.9. The van der Waals surface area contributed by atoms with Gasteiger partial charge >= 0.3 is 0 Å². The number of thioether (sulfide) groups is 1. The van der Waals surface area contributed by atoms with Gasteiger partial charge in [-0.25, -0.2) is 8.42 Å². The van der Waals surface area contributed by atoms with Crippen LogP contribution in [0.3, 0.4) is 0 Å². The van der Waals surface area contributed by atoms with Crippen LogP contribution in [0.15, 0.2) is 29.2 Å². The first-order chi connectivity index (χ1) is 8.61. The molecule has 1 aromatic carbocycles. The van der Waals surface area contributed by atoms with E-state index in [1.54, 1.807) is 6.92 Å². The smallest absolute Gasteiger partial charge is 0.151 e. The zero-order valence-corrected chi connectivity index (χ0v) is 12.2. The molecule has 0 radical (unpaired) electrons. The minimum absolute atomic E-state index is 0.234. The van der Waals surface area contributed by atoms with Crippen LogP contribution in [0.2, 0.25) is 0 Å². The summed E-state index contributed by atoms with van der Waals surface area (Å²) in [4.78, 5) is 1.37. The van der Waals surface area contributed by atoms with Gasteiger partial charge in [-0.2, -0.15) is 0 Å². The molecule has 1 unspecified atom stereocenters. The second-order valence-corrected chi connectivity index (χ2v) is 8.31. The van der Waals surface area contributed by atoms with Gasteiger partial charge in [0.2, 0.25) is 0 Å². The Morgan fingerprint density at radius 2 is 2.17 bits per heavy atom. The second-order valence-electron chi connectivity index (χ2n) is 4.49. The molecule has 0 saturated carbocycles. The second kappa shape index (κ2) is 6.08. The van der Waals surface area contributed by atoms with Crippen LogP contribution < -0.4 is 5.32 Å². The molecule has 1 aliphatic heterocycles. The molecule has 0 spiro atoms. The highest BCUT2D eigenvalue weighted by atomic mass is 32.2. The molecule has 0 aliphatic carbocycles. The van der Waals surface area contributed by atoms with Crippen molar-refractivity contribution in [2.24, 2.45) is 0 Å². The van der Waals surface area contributed by atoms with Gasteiger partial charge in [-0.15, -0.1) is 11.8 Å². The number of fused-ring (bicyclic) bond motifs is 1. The number of rotatable bonds is 6. The summed E-state index contributed by atoms with van der Waals surface area (Å²) in [5.74, 6) is 0.478. The maximum atomic E-state index is 11.3. The van der Waals surface area contributed by atoms with E-state index in [4.69, 9.17) is 0 Å². The Kier molecular flexibility index (Phi) is 4.70. The maximum Gasteiger partial charge on any atom is 0.151 e. The minimum atomic E-state index is -2.84. The highest BCUT2D eigenvalue weighted by Gasteiger charge is 2.21. The number of benzene rings is 1. The summed E-state index contributed by atoms with van der Waals surface area (Å²) >= 11 is 1.89. The molecule has 1 aliphatic rings. The van der Waals surface area contributed by atoms with Gasteiger partial charge in [0.1, 0.15) is 0 Å². The van der Waals surface area contributed by atoms with Crippen LogP contribution in [-0.4, -0.2) is 38.3 Å². The third kappa shape index (κ3) is 3.73. The molecule has 0 fully saturated rings. The maximum absolute atomic E-state index is 11.3. The van der Waals surface area contributed by atoms with E-state index in [0.717, 1.165) is 13.0 Å². The Bertz CT molecular complexity index is 474. The Labute approximate surface area is 113 Å². The molecule has 1 N–H and O–H groups in total. The third-order valence-electron chi connectivity index (χ3n) is 3.12. The summed E-state index contributed by atoms with van der Waals surface area (Å²) in [6, 6.07) is 8.46. The van der Waals surface area contributed by atoms with Crippen LogP contribution in [0.25, 0.3) is 0 Å². The molecule has 5 heteroatoms. The van der Waals surface area contributed by atoms with Crippen molar-refractivity contribution in [3.63, 3.8) is 0 Å². The van der Waals surface area contributed by atoms with Crippen molar-refractivity contribution >= 4 is 21.6 Å². The fourth-order valence-electron chi connectivity index (χ4n) is 2.00. The molecule has 1 atom stereocenters.